The number of aromatic nitrogens is 3. The summed E-state index contributed by atoms with van der Waals surface area (Å²) in [6.45, 7) is 0. The van der Waals surface area contributed by atoms with Crippen molar-refractivity contribution in [1.82, 2.24) is 15.1 Å². The normalized spacial score (nSPS) is 16.2. The van der Waals surface area contributed by atoms with Crippen LogP contribution in [0.25, 0.3) is 11.5 Å². The number of benzene rings is 1. The van der Waals surface area contributed by atoms with Gasteiger partial charge in [-0.15, -0.1) is 0 Å². The van der Waals surface area contributed by atoms with Crippen molar-refractivity contribution in [2.75, 3.05) is 0 Å². The zero-order valence-corrected chi connectivity index (χ0v) is 13.2. The number of ether oxygens (including phenoxy) is 1. The van der Waals surface area contributed by atoms with Crippen molar-refractivity contribution in [3.8, 4) is 23.1 Å². The molecule has 1 aliphatic rings. The fourth-order valence-electron chi connectivity index (χ4n) is 2.95. The zero-order chi connectivity index (χ0) is 16.4. The number of nitrogens with two attached hydrogens (primary N) is 1. The molecule has 0 bridgehead atoms. The largest absolute Gasteiger partial charge is 0.439 e. The molecular formula is C18H18N4O2. The number of para-hydroxylation sites is 1. The van der Waals surface area contributed by atoms with Crippen LogP contribution in [0.15, 0.2) is 53.2 Å². The van der Waals surface area contributed by atoms with E-state index in [2.05, 4.69) is 15.1 Å². The molecular weight excluding hydrogens is 304 g/mol. The van der Waals surface area contributed by atoms with Crippen molar-refractivity contribution >= 4 is 0 Å². The van der Waals surface area contributed by atoms with E-state index in [0.29, 0.717) is 17.6 Å². The summed E-state index contributed by atoms with van der Waals surface area (Å²) in [5.41, 5.74) is 6.65. The lowest BCUT2D eigenvalue weighted by molar-refractivity contribution is 0.372. The molecule has 0 saturated heterocycles. The lowest BCUT2D eigenvalue weighted by Crippen LogP contribution is -2.34. The summed E-state index contributed by atoms with van der Waals surface area (Å²) in [6, 6.07) is 13.1. The smallest absolute Gasteiger partial charge is 0.259 e. The first-order valence-corrected chi connectivity index (χ1v) is 8.05. The van der Waals surface area contributed by atoms with E-state index in [1.54, 1.807) is 12.3 Å². The highest BCUT2D eigenvalue weighted by molar-refractivity contribution is 5.52. The van der Waals surface area contributed by atoms with Crippen LogP contribution in [0, 0.1) is 0 Å². The summed E-state index contributed by atoms with van der Waals surface area (Å²) in [6.07, 6.45) is 5.66. The molecule has 1 saturated carbocycles. The van der Waals surface area contributed by atoms with E-state index < -0.39 is 5.54 Å². The second-order valence-corrected chi connectivity index (χ2v) is 6.09. The number of rotatable bonds is 4. The average Bonchev–Trinajstić information content (AvgIpc) is 3.27. The highest BCUT2D eigenvalue weighted by Gasteiger charge is 2.36. The second kappa shape index (κ2) is 6.05. The van der Waals surface area contributed by atoms with E-state index in [9.17, 15) is 0 Å². The molecule has 24 heavy (non-hydrogen) atoms. The Kier molecular flexibility index (Phi) is 3.74. The first-order valence-electron chi connectivity index (χ1n) is 8.05. The van der Waals surface area contributed by atoms with Gasteiger partial charge in [-0.3, -0.25) is 0 Å². The van der Waals surface area contributed by atoms with E-state index in [1.165, 1.54) is 0 Å². The quantitative estimate of drug-likeness (QED) is 0.789. The number of nitrogens with zero attached hydrogens (tertiary/aromatic N) is 3. The highest BCUT2D eigenvalue weighted by atomic mass is 16.5. The topological polar surface area (TPSA) is 87.1 Å². The molecule has 1 aliphatic carbocycles. The van der Waals surface area contributed by atoms with Crippen molar-refractivity contribution in [1.29, 1.82) is 0 Å². The molecule has 0 atom stereocenters. The maximum atomic E-state index is 6.36. The van der Waals surface area contributed by atoms with E-state index >= 15 is 0 Å². The van der Waals surface area contributed by atoms with Crippen molar-refractivity contribution in [3.63, 3.8) is 0 Å². The molecule has 0 amide bonds. The summed E-state index contributed by atoms with van der Waals surface area (Å²) >= 11 is 0. The van der Waals surface area contributed by atoms with E-state index in [0.717, 1.165) is 37.0 Å². The molecule has 6 heteroatoms. The summed E-state index contributed by atoms with van der Waals surface area (Å²) in [5.74, 6) is 2.26. The lowest BCUT2D eigenvalue weighted by Gasteiger charge is -2.17. The van der Waals surface area contributed by atoms with Crippen molar-refractivity contribution in [2.24, 2.45) is 5.73 Å². The minimum absolute atomic E-state index is 0.431. The van der Waals surface area contributed by atoms with Crippen LogP contribution in [0.5, 0.6) is 11.6 Å². The van der Waals surface area contributed by atoms with Gasteiger partial charge >= 0.3 is 0 Å². The summed E-state index contributed by atoms with van der Waals surface area (Å²) in [5, 5.41) is 4.07. The van der Waals surface area contributed by atoms with Crippen molar-refractivity contribution in [3.05, 3.63) is 54.5 Å². The Hall–Kier alpha value is -2.73. The molecule has 0 spiro atoms. The van der Waals surface area contributed by atoms with E-state index in [4.69, 9.17) is 15.0 Å². The van der Waals surface area contributed by atoms with Gasteiger partial charge in [-0.05, 0) is 31.0 Å². The van der Waals surface area contributed by atoms with Gasteiger partial charge in [-0.2, -0.15) is 4.98 Å². The Morgan fingerprint density at radius 1 is 1.04 bits per heavy atom. The molecule has 2 aromatic heterocycles. The molecule has 122 valence electrons. The fourth-order valence-corrected chi connectivity index (χ4v) is 2.95. The van der Waals surface area contributed by atoms with Crippen molar-refractivity contribution < 1.29 is 9.26 Å². The van der Waals surface area contributed by atoms with Crippen LogP contribution in [0.1, 0.15) is 31.5 Å². The van der Waals surface area contributed by atoms with Crippen LogP contribution < -0.4 is 10.5 Å². The van der Waals surface area contributed by atoms with Crippen LogP contribution in [-0.4, -0.2) is 15.1 Å². The Bertz CT molecular complexity index is 809. The molecule has 4 rings (SSSR count). The molecule has 1 aromatic carbocycles. The lowest BCUT2D eigenvalue weighted by atomic mass is 9.99. The summed E-state index contributed by atoms with van der Waals surface area (Å²) in [7, 11) is 0. The summed E-state index contributed by atoms with van der Waals surface area (Å²) in [4.78, 5) is 8.76. The predicted octanol–water partition coefficient (Wildman–Crippen LogP) is 3.65. The minimum Gasteiger partial charge on any atom is -0.439 e. The highest BCUT2D eigenvalue weighted by Crippen LogP contribution is 2.35. The predicted molar refractivity (Wildman–Crippen MR) is 88.4 cm³/mol. The van der Waals surface area contributed by atoms with Gasteiger partial charge in [0.2, 0.25) is 5.88 Å². The van der Waals surface area contributed by atoms with Gasteiger partial charge in [0.1, 0.15) is 5.75 Å². The molecule has 1 fully saturated rings. The SMILES string of the molecule is NC1(c2noc(-c3ccc(Oc4ccccc4)nc3)n2)CCCC1. The van der Waals surface area contributed by atoms with Crippen LogP contribution in [0.2, 0.25) is 0 Å². The molecule has 0 radical (unpaired) electrons. The number of hydrogen-bond acceptors (Lipinski definition) is 6. The molecule has 0 unspecified atom stereocenters. The number of pyridine rings is 1. The van der Waals surface area contributed by atoms with Crippen LogP contribution >= 0.6 is 0 Å². The summed E-state index contributed by atoms with van der Waals surface area (Å²) < 4.78 is 11.0. The maximum absolute atomic E-state index is 6.36. The Morgan fingerprint density at radius 3 is 2.54 bits per heavy atom. The maximum Gasteiger partial charge on any atom is 0.259 e. The Balaban J connectivity index is 1.52. The molecule has 6 nitrogen and oxygen atoms in total. The van der Waals surface area contributed by atoms with Gasteiger partial charge in [0.25, 0.3) is 5.89 Å². The molecule has 0 aliphatic heterocycles. The van der Waals surface area contributed by atoms with Crippen LogP contribution in [-0.2, 0) is 5.54 Å². The Labute approximate surface area is 139 Å². The van der Waals surface area contributed by atoms with Crippen LogP contribution in [0.3, 0.4) is 0 Å². The van der Waals surface area contributed by atoms with Crippen LogP contribution in [0.4, 0.5) is 0 Å². The van der Waals surface area contributed by atoms with Gasteiger partial charge in [-0.1, -0.05) is 36.2 Å². The molecule has 3 aromatic rings. The second-order valence-electron chi connectivity index (χ2n) is 6.09. The van der Waals surface area contributed by atoms with Crippen molar-refractivity contribution in [2.45, 2.75) is 31.2 Å². The van der Waals surface area contributed by atoms with Gasteiger partial charge in [-0.25, -0.2) is 4.98 Å². The molecule has 2 N–H and O–H groups in total. The third kappa shape index (κ3) is 2.88. The third-order valence-corrected chi connectivity index (χ3v) is 4.32. The minimum atomic E-state index is -0.453. The van der Waals surface area contributed by atoms with E-state index in [-0.39, 0.29) is 0 Å². The van der Waals surface area contributed by atoms with E-state index in [1.807, 2.05) is 36.4 Å². The fraction of sp³-hybridized carbons (Fsp3) is 0.278. The number of hydrogen-bond donors (Lipinski definition) is 1. The Morgan fingerprint density at radius 2 is 1.83 bits per heavy atom. The standard InChI is InChI=1S/C18H18N4O2/c19-18(10-4-5-11-18)17-21-16(24-22-17)13-8-9-15(20-12-13)23-14-6-2-1-3-7-14/h1-3,6-9,12H,4-5,10-11,19H2. The zero-order valence-electron chi connectivity index (χ0n) is 13.2. The third-order valence-electron chi connectivity index (χ3n) is 4.32. The van der Waals surface area contributed by atoms with Gasteiger partial charge < -0.3 is 15.0 Å². The van der Waals surface area contributed by atoms with Gasteiger partial charge in [0.05, 0.1) is 11.1 Å². The molecule has 2 heterocycles. The monoisotopic (exact) mass is 322 g/mol. The first kappa shape index (κ1) is 14.8. The van der Waals surface area contributed by atoms with Gasteiger partial charge in [0, 0.05) is 12.3 Å². The van der Waals surface area contributed by atoms with Gasteiger partial charge in [0.15, 0.2) is 5.82 Å². The first-order chi connectivity index (χ1) is 11.7. The average molecular weight is 322 g/mol.